The van der Waals surface area contributed by atoms with E-state index in [0.29, 0.717) is 42.0 Å². The van der Waals surface area contributed by atoms with Crippen LogP contribution in [0.5, 0.6) is 0 Å². The second-order valence-corrected chi connectivity index (χ2v) is 8.07. The fourth-order valence-electron chi connectivity index (χ4n) is 2.67. The zero-order chi connectivity index (χ0) is 17.2. The molecule has 0 N–H and O–H groups in total. The number of sulfonamides is 1. The van der Waals surface area contributed by atoms with Crippen molar-refractivity contribution in [1.82, 2.24) is 9.29 Å². The zero-order valence-electron chi connectivity index (χ0n) is 12.8. The molecule has 2 heterocycles. The van der Waals surface area contributed by atoms with Crippen molar-refractivity contribution in [2.75, 3.05) is 31.1 Å². The van der Waals surface area contributed by atoms with E-state index in [4.69, 9.17) is 0 Å². The van der Waals surface area contributed by atoms with E-state index in [0.717, 1.165) is 0 Å². The molecule has 0 bridgehead atoms. The van der Waals surface area contributed by atoms with Crippen LogP contribution in [0.15, 0.2) is 52.0 Å². The summed E-state index contributed by atoms with van der Waals surface area (Å²) in [6.45, 7) is 1.70. The molecule has 6 nitrogen and oxygen atoms in total. The van der Waals surface area contributed by atoms with E-state index in [1.165, 1.54) is 4.31 Å². The van der Waals surface area contributed by atoms with Gasteiger partial charge in [-0.3, -0.25) is 0 Å². The van der Waals surface area contributed by atoms with Crippen molar-refractivity contribution in [3.8, 4) is 6.07 Å². The van der Waals surface area contributed by atoms with Crippen LogP contribution in [0.2, 0.25) is 0 Å². The van der Waals surface area contributed by atoms with Crippen LogP contribution in [0.25, 0.3) is 0 Å². The Morgan fingerprint density at radius 2 is 1.79 bits per heavy atom. The van der Waals surface area contributed by atoms with Crippen molar-refractivity contribution in [3.63, 3.8) is 0 Å². The molecule has 0 radical (unpaired) electrons. The molecule has 1 saturated heterocycles. The molecular weight excluding hydrogens is 392 g/mol. The molecule has 24 heavy (non-hydrogen) atoms. The zero-order valence-corrected chi connectivity index (χ0v) is 15.2. The molecule has 1 aliphatic rings. The summed E-state index contributed by atoms with van der Waals surface area (Å²) < 4.78 is 27.6. The minimum Gasteiger partial charge on any atom is -0.353 e. The van der Waals surface area contributed by atoms with Crippen molar-refractivity contribution in [3.05, 3.63) is 52.6 Å². The van der Waals surface area contributed by atoms with Crippen molar-refractivity contribution >= 4 is 31.8 Å². The maximum Gasteiger partial charge on any atom is 0.244 e. The van der Waals surface area contributed by atoms with Crippen LogP contribution in [0.4, 0.5) is 5.82 Å². The molecule has 1 fully saturated rings. The van der Waals surface area contributed by atoms with E-state index in [1.807, 2.05) is 4.90 Å². The van der Waals surface area contributed by atoms with Crippen molar-refractivity contribution in [2.45, 2.75) is 4.90 Å². The maximum absolute atomic E-state index is 12.8. The van der Waals surface area contributed by atoms with Gasteiger partial charge in [-0.15, -0.1) is 0 Å². The van der Waals surface area contributed by atoms with Crippen LogP contribution < -0.4 is 4.90 Å². The summed E-state index contributed by atoms with van der Waals surface area (Å²) in [7, 11) is -3.54. The number of rotatable bonds is 3. The lowest BCUT2D eigenvalue weighted by atomic mass is 10.2. The highest BCUT2D eigenvalue weighted by atomic mass is 79.9. The number of benzene rings is 1. The van der Waals surface area contributed by atoms with Gasteiger partial charge in [-0.2, -0.15) is 9.57 Å². The van der Waals surface area contributed by atoms with Crippen LogP contribution >= 0.6 is 15.9 Å². The summed E-state index contributed by atoms with van der Waals surface area (Å²) in [5.41, 5.74) is 0.500. The van der Waals surface area contributed by atoms with E-state index < -0.39 is 10.0 Å². The van der Waals surface area contributed by atoms with Gasteiger partial charge in [0.2, 0.25) is 10.0 Å². The van der Waals surface area contributed by atoms with Gasteiger partial charge in [-0.1, -0.05) is 12.1 Å². The Kier molecular flexibility index (Phi) is 4.85. The van der Waals surface area contributed by atoms with Gasteiger partial charge in [0, 0.05) is 36.8 Å². The third-order valence-electron chi connectivity index (χ3n) is 3.90. The van der Waals surface area contributed by atoms with Gasteiger partial charge >= 0.3 is 0 Å². The Bertz CT molecular complexity index is 887. The third-order valence-corrected chi connectivity index (χ3v) is 6.81. The molecule has 2 aromatic rings. The fraction of sp³-hybridized carbons (Fsp3) is 0.250. The molecule has 124 valence electrons. The predicted octanol–water partition coefficient (Wildman–Crippen LogP) is 2.23. The average molecular weight is 407 g/mol. The summed E-state index contributed by atoms with van der Waals surface area (Å²) >= 11 is 3.30. The largest absolute Gasteiger partial charge is 0.353 e. The summed E-state index contributed by atoms with van der Waals surface area (Å²) in [4.78, 5) is 6.48. The summed E-state index contributed by atoms with van der Waals surface area (Å²) in [6.07, 6.45) is 1.64. The van der Waals surface area contributed by atoms with Crippen LogP contribution in [-0.2, 0) is 10.0 Å². The smallest absolute Gasteiger partial charge is 0.244 e. The summed E-state index contributed by atoms with van der Waals surface area (Å²) in [5, 5.41) is 9.18. The number of hydrogen-bond acceptors (Lipinski definition) is 5. The van der Waals surface area contributed by atoms with Gasteiger partial charge in [0.15, 0.2) is 0 Å². The van der Waals surface area contributed by atoms with E-state index in [-0.39, 0.29) is 4.90 Å². The second kappa shape index (κ2) is 6.89. The van der Waals surface area contributed by atoms with E-state index in [2.05, 4.69) is 27.0 Å². The first-order valence-corrected chi connectivity index (χ1v) is 9.62. The SMILES string of the molecule is N#Cc1cccnc1N1CCN(S(=O)(=O)c2ccccc2Br)CC1. The number of anilines is 1. The number of aromatic nitrogens is 1. The lowest BCUT2D eigenvalue weighted by molar-refractivity contribution is 0.383. The average Bonchev–Trinajstić information content (AvgIpc) is 2.62. The quantitative estimate of drug-likeness (QED) is 0.780. The first-order valence-electron chi connectivity index (χ1n) is 7.39. The fourth-order valence-corrected chi connectivity index (χ4v) is 5.06. The molecule has 0 aliphatic carbocycles. The minimum atomic E-state index is -3.54. The Morgan fingerprint density at radius 1 is 1.08 bits per heavy atom. The van der Waals surface area contributed by atoms with E-state index in [9.17, 15) is 13.7 Å². The topological polar surface area (TPSA) is 77.3 Å². The lowest BCUT2D eigenvalue weighted by Crippen LogP contribution is -2.49. The van der Waals surface area contributed by atoms with Crippen LogP contribution in [-0.4, -0.2) is 43.9 Å². The molecule has 8 heteroatoms. The Labute approximate surface area is 149 Å². The number of halogens is 1. The second-order valence-electron chi connectivity index (χ2n) is 5.31. The molecule has 0 saturated carbocycles. The van der Waals surface area contributed by atoms with Gasteiger partial charge in [0.1, 0.15) is 11.9 Å². The standard InChI is InChI=1S/C16H15BrN4O2S/c17-14-5-1-2-6-15(14)24(22,23)21-10-8-20(9-11-21)16-13(12-18)4-3-7-19-16/h1-7H,8-11H2. The molecule has 0 amide bonds. The van der Waals surface area contributed by atoms with Crippen molar-refractivity contribution in [2.24, 2.45) is 0 Å². The van der Waals surface area contributed by atoms with Crippen molar-refractivity contribution in [1.29, 1.82) is 5.26 Å². The highest BCUT2D eigenvalue weighted by molar-refractivity contribution is 9.10. The number of hydrogen-bond donors (Lipinski definition) is 0. The highest BCUT2D eigenvalue weighted by Crippen LogP contribution is 2.26. The molecule has 1 aromatic carbocycles. The molecule has 1 aromatic heterocycles. The molecule has 3 rings (SSSR count). The molecular formula is C16H15BrN4O2S. The molecule has 0 spiro atoms. The Morgan fingerprint density at radius 3 is 2.46 bits per heavy atom. The summed E-state index contributed by atoms with van der Waals surface area (Å²) in [5.74, 6) is 0.609. The highest BCUT2D eigenvalue weighted by Gasteiger charge is 2.30. The predicted molar refractivity (Wildman–Crippen MR) is 94.1 cm³/mol. The third kappa shape index (κ3) is 3.15. The molecule has 0 atom stereocenters. The number of piperazine rings is 1. The first kappa shape index (κ1) is 16.9. The van der Waals surface area contributed by atoms with E-state index >= 15 is 0 Å². The Balaban J connectivity index is 1.78. The van der Waals surface area contributed by atoms with Crippen LogP contribution in [0.3, 0.4) is 0 Å². The maximum atomic E-state index is 12.8. The normalized spacial score (nSPS) is 15.9. The van der Waals surface area contributed by atoms with Crippen LogP contribution in [0.1, 0.15) is 5.56 Å². The van der Waals surface area contributed by atoms with Crippen molar-refractivity contribution < 1.29 is 8.42 Å². The lowest BCUT2D eigenvalue weighted by Gasteiger charge is -2.35. The van der Waals surface area contributed by atoms with Crippen LogP contribution in [0, 0.1) is 11.3 Å². The monoisotopic (exact) mass is 406 g/mol. The van der Waals surface area contributed by atoms with Gasteiger partial charge in [-0.05, 0) is 40.2 Å². The molecule has 1 aliphatic heterocycles. The number of nitrogens with zero attached hydrogens (tertiary/aromatic N) is 4. The minimum absolute atomic E-state index is 0.272. The van der Waals surface area contributed by atoms with Gasteiger partial charge < -0.3 is 4.90 Å². The summed E-state index contributed by atoms with van der Waals surface area (Å²) in [6, 6.07) is 12.4. The van der Waals surface area contributed by atoms with Gasteiger partial charge in [-0.25, -0.2) is 13.4 Å². The number of pyridine rings is 1. The number of nitriles is 1. The Hall–Kier alpha value is -1.95. The van der Waals surface area contributed by atoms with Gasteiger partial charge in [0.05, 0.1) is 10.5 Å². The molecule has 0 unspecified atom stereocenters. The van der Waals surface area contributed by atoms with Gasteiger partial charge in [0.25, 0.3) is 0 Å². The first-order chi connectivity index (χ1) is 11.5. The van der Waals surface area contributed by atoms with E-state index in [1.54, 1.807) is 42.6 Å².